The molecule has 2 N–H and O–H groups in total. The molecule has 0 saturated carbocycles. The Morgan fingerprint density at radius 1 is 1.23 bits per heavy atom. The van der Waals surface area contributed by atoms with Gasteiger partial charge in [0.15, 0.2) is 11.6 Å². The predicted octanol–water partition coefficient (Wildman–Crippen LogP) is 1.87. The standard InChI is InChI=1S/C16H26N6/c1-13(2)9-11-19-16(17-3)18-10-6-8-15-21-20-14-7-4-5-12-22(14)15/h4-5,7,12-13H,6,8-11H2,1-3H3,(H2,17,18,19). The molecule has 0 aliphatic rings. The topological polar surface area (TPSA) is 66.6 Å². The molecule has 0 amide bonds. The van der Waals surface area contributed by atoms with Gasteiger partial charge in [0.05, 0.1) is 0 Å². The van der Waals surface area contributed by atoms with Crippen molar-refractivity contribution >= 4 is 11.6 Å². The number of aliphatic imine (C=N–C) groups is 1. The number of guanidine groups is 1. The number of aryl methyl sites for hydroxylation is 1. The molecular formula is C16H26N6. The maximum Gasteiger partial charge on any atom is 0.190 e. The van der Waals surface area contributed by atoms with E-state index >= 15 is 0 Å². The average molecular weight is 302 g/mol. The van der Waals surface area contributed by atoms with Crippen molar-refractivity contribution in [2.45, 2.75) is 33.1 Å². The Morgan fingerprint density at radius 2 is 2.05 bits per heavy atom. The Bertz CT molecular complexity index is 601. The fraction of sp³-hybridized carbons (Fsp3) is 0.562. The summed E-state index contributed by atoms with van der Waals surface area (Å²) in [5, 5.41) is 15.1. The van der Waals surface area contributed by atoms with Crippen molar-refractivity contribution in [1.29, 1.82) is 0 Å². The van der Waals surface area contributed by atoms with E-state index in [0.29, 0.717) is 5.92 Å². The molecule has 6 nitrogen and oxygen atoms in total. The first-order chi connectivity index (χ1) is 10.7. The largest absolute Gasteiger partial charge is 0.356 e. The normalized spacial score (nSPS) is 12.1. The van der Waals surface area contributed by atoms with E-state index in [1.165, 1.54) is 0 Å². The van der Waals surface area contributed by atoms with Crippen LogP contribution in [-0.4, -0.2) is 40.7 Å². The van der Waals surface area contributed by atoms with Gasteiger partial charge in [-0.2, -0.15) is 0 Å². The van der Waals surface area contributed by atoms with E-state index in [1.807, 2.05) is 28.8 Å². The van der Waals surface area contributed by atoms with Crippen LogP contribution >= 0.6 is 0 Å². The number of rotatable bonds is 7. The number of pyridine rings is 1. The summed E-state index contributed by atoms with van der Waals surface area (Å²) < 4.78 is 2.04. The second-order valence-electron chi connectivity index (χ2n) is 5.76. The Morgan fingerprint density at radius 3 is 2.82 bits per heavy atom. The molecule has 6 heteroatoms. The summed E-state index contributed by atoms with van der Waals surface area (Å²) in [5.74, 6) is 2.57. The molecule has 2 rings (SSSR count). The first-order valence-corrected chi connectivity index (χ1v) is 7.94. The zero-order valence-electron chi connectivity index (χ0n) is 13.7. The minimum Gasteiger partial charge on any atom is -0.356 e. The van der Waals surface area contributed by atoms with Crippen LogP contribution in [0.25, 0.3) is 5.65 Å². The van der Waals surface area contributed by atoms with Crippen molar-refractivity contribution in [3.63, 3.8) is 0 Å². The highest BCUT2D eigenvalue weighted by Gasteiger charge is 2.04. The molecule has 0 bridgehead atoms. The summed E-state index contributed by atoms with van der Waals surface area (Å²) in [5.41, 5.74) is 0.900. The maximum atomic E-state index is 4.24. The zero-order chi connectivity index (χ0) is 15.8. The fourth-order valence-corrected chi connectivity index (χ4v) is 2.21. The summed E-state index contributed by atoms with van der Waals surface area (Å²) in [7, 11) is 1.80. The predicted molar refractivity (Wildman–Crippen MR) is 90.1 cm³/mol. The summed E-state index contributed by atoms with van der Waals surface area (Å²) in [6.07, 6.45) is 5.03. The van der Waals surface area contributed by atoms with Crippen LogP contribution in [0.4, 0.5) is 0 Å². The molecule has 2 aromatic heterocycles. The summed E-state index contributed by atoms with van der Waals surface area (Å²) in [6, 6.07) is 5.94. The van der Waals surface area contributed by atoms with Gasteiger partial charge in [-0.1, -0.05) is 19.9 Å². The third-order valence-corrected chi connectivity index (χ3v) is 3.49. The molecule has 0 unspecified atom stereocenters. The van der Waals surface area contributed by atoms with E-state index in [0.717, 1.165) is 49.8 Å². The van der Waals surface area contributed by atoms with E-state index in [9.17, 15) is 0 Å². The molecule has 2 heterocycles. The van der Waals surface area contributed by atoms with Gasteiger partial charge in [0.2, 0.25) is 0 Å². The van der Waals surface area contributed by atoms with Crippen LogP contribution in [0, 0.1) is 5.92 Å². The van der Waals surface area contributed by atoms with Gasteiger partial charge in [-0.25, -0.2) is 0 Å². The van der Waals surface area contributed by atoms with Crippen molar-refractivity contribution < 1.29 is 0 Å². The summed E-state index contributed by atoms with van der Waals surface area (Å²) >= 11 is 0. The van der Waals surface area contributed by atoms with E-state index in [4.69, 9.17) is 0 Å². The first kappa shape index (κ1) is 16.3. The van der Waals surface area contributed by atoms with Gasteiger partial charge in [-0.15, -0.1) is 10.2 Å². The molecule has 0 fully saturated rings. The Balaban J connectivity index is 1.72. The third-order valence-electron chi connectivity index (χ3n) is 3.49. The minimum atomic E-state index is 0.701. The molecule has 0 aliphatic heterocycles. The first-order valence-electron chi connectivity index (χ1n) is 7.94. The fourth-order valence-electron chi connectivity index (χ4n) is 2.21. The Kier molecular flexibility index (Phi) is 6.18. The number of hydrogen-bond acceptors (Lipinski definition) is 3. The highest BCUT2D eigenvalue weighted by atomic mass is 15.2. The van der Waals surface area contributed by atoms with Crippen molar-refractivity contribution in [2.75, 3.05) is 20.1 Å². The molecular weight excluding hydrogens is 276 g/mol. The van der Waals surface area contributed by atoms with Crippen molar-refractivity contribution in [1.82, 2.24) is 25.2 Å². The van der Waals surface area contributed by atoms with Gasteiger partial charge in [0, 0.05) is 32.8 Å². The summed E-state index contributed by atoms with van der Waals surface area (Å²) in [6.45, 7) is 6.26. The smallest absolute Gasteiger partial charge is 0.190 e. The monoisotopic (exact) mass is 302 g/mol. The van der Waals surface area contributed by atoms with Crippen molar-refractivity contribution in [2.24, 2.45) is 10.9 Å². The maximum absolute atomic E-state index is 4.24. The molecule has 2 aromatic rings. The lowest BCUT2D eigenvalue weighted by Crippen LogP contribution is -2.38. The van der Waals surface area contributed by atoms with E-state index in [-0.39, 0.29) is 0 Å². The molecule has 22 heavy (non-hydrogen) atoms. The second-order valence-corrected chi connectivity index (χ2v) is 5.76. The lowest BCUT2D eigenvalue weighted by molar-refractivity contribution is 0.573. The lowest BCUT2D eigenvalue weighted by atomic mass is 10.1. The highest BCUT2D eigenvalue weighted by molar-refractivity contribution is 5.79. The van der Waals surface area contributed by atoms with Crippen LogP contribution in [0.15, 0.2) is 29.4 Å². The molecule has 0 atom stereocenters. The number of hydrogen-bond donors (Lipinski definition) is 2. The highest BCUT2D eigenvalue weighted by Crippen LogP contribution is 2.04. The van der Waals surface area contributed by atoms with Crippen LogP contribution < -0.4 is 10.6 Å². The number of aromatic nitrogens is 3. The lowest BCUT2D eigenvalue weighted by Gasteiger charge is -2.12. The molecule has 120 valence electrons. The van der Waals surface area contributed by atoms with E-state index in [2.05, 4.69) is 39.7 Å². The van der Waals surface area contributed by atoms with Gasteiger partial charge in [0.25, 0.3) is 0 Å². The molecule has 0 radical (unpaired) electrons. The number of fused-ring (bicyclic) bond motifs is 1. The van der Waals surface area contributed by atoms with Crippen LogP contribution in [0.2, 0.25) is 0 Å². The molecule has 0 spiro atoms. The van der Waals surface area contributed by atoms with Crippen LogP contribution in [0.3, 0.4) is 0 Å². The average Bonchev–Trinajstić information content (AvgIpc) is 2.92. The van der Waals surface area contributed by atoms with E-state index in [1.54, 1.807) is 7.05 Å². The van der Waals surface area contributed by atoms with Crippen molar-refractivity contribution in [3.8, 4) is 0 Å². The molecule has 0 aromatic carbocycles. The number of nitrogens with zero attached hydrogens (tertiary/aromatic N) is 4. The molecule has 0 saturated heterocycles. The van der Waals surface area contributed by atoms with Crippen LogP contribution in [-0.2, 0) is 6.42 Å². The quantitative estimate of drug-likeness (QED) is 0.465. The Labute approximate surface area is 132 Å². The molecule has 0 aliphatic carbocycles. The van der Waals surface area contributed by atoms with Crippen LogP contribution in [0.5, 0.6) is 0 Å². The Hall–Kier alpha value is -2.11. The number of nitrogens with one attached hydrogen (secondary N) is 2. The van der Waals surface area contributed by atoms with E-state index < -0.39 is 0 Å². The van der Waals surface area contributed by atoms with Gasteiger partial charge in [0.1, 0.15) is 5.82 Å². The van der Waals surface area contributed by atoms with Crippen LogP contribution in [0.1, 0.15) is 32.5 Å². The van der Waals surface area contributed by atoms with Gasteiger partial charge >= 0.3 is 0 Å². The third kappa shape index (κ3) is 4.72. The van der Waals surface area contributed by atoms with Gasteiger partial charge in [-0.05, 0) is 30.9 Å². The minimum absolute atomic E-state index is 0.701. The van der Waals surface area contributed by atoms with Crippen molar-refractivity contribution in [3.05, 3.63) is 30.2 Å². The summed E-state index contributed by atoms with van der Waals surface area (Å²) in [4.78, 5) is 4.23. The zero-order valence-corrected chi connectivity index (χ0v) is 13.7. The SMILES string of the molecule is CN=C(NCCCc1nnc2ccccn12)NCCC(C)C. The van der Waals surface area contributed by atoms with Gasteiger partial charge in [-0.3, -0.25) is 9.39 Å². The second kappa shape index (κ2) is 8.36. The van der Waals surface area contributed by atoms with Gasteiger partial charge < -0.3 is 10.6 Å².